The van der Waals surface area contributed by atoms with Crippen molar-refractivity contribution >= 4 is 9.84 Å². The number of aromatic nitrogens is 1. The predicted octanol–water partition coefficient (Wildman–Crippen LogP) is 0.468. The van der Waals surface area contributed by atoms with E-state index in [4.69, 9.17) is 0 Å². The van der Waals surface area contributed by atoms with Crippen molar-refractivity contribution in [3.8, 4) is 0 Å². The van der Waals surface area contributed by atoms with Crippen LogP contribution in [0.15, 0.2) is 18.5 Å². The zero-order valence-corrected chi connectivity index (χ0v) is 8.95. The summed E-state index contributed by atoms with van der Waals surface area (Å²) in [5.74, 6) is -0.266. The Morgan fingerprint density at radius 2 is 2.14 bits per heavy atom. The zero-order chi connectivity index (χ0) is 10.8. The van der Waals surface area contributed by atoms with Crippen LogP contribution in [0.4, 0.5) is 0 Å². The Labute approximate surface area is 83.5 Å². The Morgan fingerprint density at radius 3 is 2.64 bits per heavy atom. The molecule has 0 aliphatic carbocycles. The quantitative estimate of drug-likeness (QED) is 0.795. The van der Waals surface area contributed by atoms with Crippen LogP contribution in [0.25, 0.3) is 0 Å². The van der Waals surface area contributed by atoms with E-state index in [-0.39, 0.29) is 5.75 Å². The fraction of sp³-hybridized carbons (Fsp3) is 0.444. The largest absolute Gasteiger partial charge is 0.387 e. The average Bonchev–Trinajstić information content (AvgIpc) is 2.01. The average molecular weight is 215 g/mol. The molecule has 14 heavy (non-hydrogen) atoms. The van der Waals surface area contributed by atoms with Gasteiger partial charge < -0.3 is 5.11 Å². The van der Waals surface area contributed by atoms with Crippen LogP contribution in [0.2, 0.25) is 0 Å². The first-order valence-corrected chi connectivity index (χ1v) is 6.22. The number of aliphatic hydroxyl groups is 1. The molecule has 1 N–H and O–H groups in total. The molecule has 0 radical (unpaired) electrons. The minimum absolute atomic E-state index is 0.266. The molecular weight excluding hydrogens is 202 g/mol. The topological polar surface area (TPSA) is 67.3 Å². The van der Waals surface area contributed by atoms with Crippen LogP contribution in [0, 0.1) is 6.92 Å². The van der Waals surface area contributed by atoms with Gasteiger partial charge in [-0.05, 0) is 12.5 Å². The van der Waals surface area contributed by atoms with Crippen LogP contribution in [-0.4, -0.2) is 30.5 Å². The maximum atomic E-state index is 10.9. The fourth-order valence-corrected chi connectivity index (χ4v) is 1.91. The van der Waals surface area contributed by atoms with Crippen molar-refractivity contribution in [2.45, 2.75) is 13.0 Å². The number of hydrogen-bond acceptors (Lipinski definition) is 4. The van der Waals surface area contributed by atoms with E-state index in [1.807, 2.05) is 6.92 Å². The van der Waals surface area contributed by atoms with Crippen LogP contribution >= 0.6 is 0 Å². The molecule has 0 saturated heterocycles. The lowest BCUT2D eigenvalue weighted by atomic mass is 10.1. The van der Waals surface area contributed by atoms with E-state index >= 15 is 0 Å². The molecule has 0 aliphatic rings. The molecule has 0 aromatic carbocycles. The summed E-state index contributed by atoms with van der Waals surface area (Å²) in [6, 6.07) is 1.73. The third-order valence-corrected chi connectivity index (χ3v) is 2.66. The normalized spacial score (nSPS) is 13.9. The summed E-state index contributed by atoms with van der Waals surface area (Å²) in [6.45, 7) is 1.84. The second-order valence-corrected chi connectivity index (χ2v) is 5.59. The van der Waals surface area contributed by atoms with Gasteiger partial charge in [0.25, 0.3) is 0 Å². The van der Waals surface area contributed by atoms with Gasteiger partial charge in [-0.15, -0.1) is 0 Å². The number of sulfone groups is 1. The van der Waals surface area contributed by atoms with E-state index < -0.39 is 15.9 Å². The molecule has 1 atom stereocenters. The highest BCUT2D eigenvalue weighted by atomic mass is 32.2. The molecule has 78 valence electrons. The number of pyridine rings is 1. The Hall–Kier alpha value is -0.940. The van der Waals surface area contributed by atoms with Gasteiger partial charge in [0.2, 0.25) is 0 Å². The molecule has 1 aromatic rings. The number of rotatable bonds is 3. The lowest BCUT2D eigenvalue weighted by Gasteiger charge is -2.09. The van der Waals surface area contributed by atoms with Crippen molar-refractivity contribution < 1.29 is 13.5 Å². The SMILES string of the molecule is Cc1cncc(C(O)CS(C)(=O)=O)c1. The minimum atomic E-state index is -3.16. The molecule has 0 fully saturated rings. The van der Waals surface area contributed by atoms with Crippen molar-refractivity contribution in [3.05, 3.63) is 29.6 Å². The van der Waals surface area contributed by atoms with Gasteiger partial charge in [0.1, 0.15) is 9.84 Å². The lowest BCUT2D eigenvalue weighted by molar-refractivity contribution is 0.201. The number of aliphatic hydroxyl groups excluding tert-OH is 1. The molecule has 0 bridgehead atoms. The summed E-state index contributed by atoms with van der Waals surface area (Å²) < 4.78 is 21.8. The van der Waals surface area contributed by atoms with Crippen molar-refractivity contribution in [1.29, 1.82) is 0 Å². The molecule has 5 heteroatoms. The van der Waals surface area contributed by atoms with Gasteiger partial charge in [-0.3, -0.25) is 4.98 Å². The molecule has 1 rings (SSSR count). The van der Waals surface area contributed by atoms with E-state index in [9.17, 15) is 13.5 Å². The fourth-order valence-electron chi connectivity index (χ4n) is 1.14. The summed E-state index contributed by atoms with van der Waals surface area (Å²) in [4.78, 5) is 3.88. The van der Waals surface area contributed by atoms with Gasteiger partial charge in [0, 0.05) is 24.2 Å². The molecule has 0 spiro atoms. The van der Waals surface area contributed by atoms with Gasteiger partial charge in [0.05, 0.1) is 11.9 Å². The maximum absolute atomic E-state index is 10.9. The Balaban J connectivity index is 2.85. The summed E-state index contributed by atoms with van der Waals surface area (Å²) in [5.41, 5.74) is 1.44. The van der Waals surface area contributed by atoms with Crippen molar-refractivity contribution in [2.24, 2.45) is 0 Å². The summed E-state index contributed by atoms with van der Waals surface area (Å²) in [6.07, 6.45) is 3.23. The lowest BCUT2D eigenvalue weighted by Crippen LogP contribution is -2.13. The second-order valence-electron chi connectivity index (χ2n) is 3.40. The van der Waals surface area contributed by atoms with Crippen molar-refractivity contribution in [3.63, 3.8) is 0 Å². The second kappa shape index (κ2) is 4.06. The molecule has 4 nitrogen and oxygen atoms in total. The Kier molecular flexibility index (Phi) is 3.23. The van der Waals surface area contributed by atoms with Gasteiger partial charge in [-0.2, -0.15) is 0 Å². The Bertz CT molecular complexity index is 414. The third-order valence-electron chi connectivity index (χ3n) is 1.74. The van der Waals surface area contributed by atoms with E-state index in [0.717, 1.165) is 11.8 Å². The maximum Gasteiger partial charge on any atom is 0.150 e. The molecule has 1 unspecified atom stereocenters. The number of hydrogen-bond donors (Lipinski definition) is 1. The molecule has 0 saturated carbocycles. The molecule has 1 heterocycles. The number of nitrogens with zero attached hydrogens (tertiary/aromatic N) is 1. The van der Waals surface area contributed by atoms with Gasteiger partial charge in [-0.1, -0.05) is 6.07 Å². The Morgan fingerprint density at radius 1 is 1.50 bits per heavy atom. The van der Waals surface area contributed by atoms with Gasteiger partial charge in [-0.25, -0.2) is 8.42 Å². The molecule has 0 aliphatic heterocycles. The van der Waals surface area contributed by atoms with Crippen LogP contribution in [0.1, 0.15) is 17.2 Å². The van der Waals surface area contributed by atoms with Gasteiger partial charge in [0.15, 0.2) is 0 Å². The van der Waals surface area contributed by atoms with E-state index in [1.165, 1.54) is 6.20 Å². The van der Waals surface area contributed by atoms with Crippen molar-refractivity contribution in [1.82, 2.24) is 4.98 Å². The smallest absolute Gasteiger partial charge is 0.150 e. The molecule has 1 aromatic heterocycles. The van der Waals surface area contributed by atoms with E-state index in [0.29, 0.717) is 5.56 Å². The van der Waals surface area contributed by atoms with Crippen LogP contribution in [0.5, 0.6) is 0 Å². The van der Waals surface area contributed by atoms with E-state index in [2.05, 4.69) is 4.98 Å². The van der Waals surface area contributed by atoms with E-state index in [1.54, 1.807) is 12.3 Å². The highest BCUT2D eigenvalue weighted by molar-refractivity contribution is 7.90. The molecule has 0 amide bonds. The first kappa shape index (κ1) is 11.1. The minimum Gasteiger partial charge on any atom is -0.387 e. The third kappa shape index (κ3) is 3.43. The first-order chi connectivity index (χ1) is 6.38. The zero-order valence-electron chi connectivity index (χ0n) is 8.14. The first-order valence-electron chi connectivity index (χ1n) is 4.16. The highest BCUT2D eigenvalue weighted by Crippen LogP contribution is 2.14. The predicted molar refractivity (Wildman–Crippen MR) is 53.6 cm³/mol. The van der Waals surface area contributed by atoms with Crippen LogP contribution < -0.4 is 0 Å². The highest BCUT2D eigenvalue weighted by Gasteiger charge is 2.14. The van der Waals surface area contributed by atoms with Crippen LogP contribution in [-0.2, 0) is 9.84 Å². The summed E-state index contributed by atoms with van der Waals surface area (Å²) >= 11 is 0. The monoisotopic (exact) mass is 215 g/mol. The standard InChI is InChI=1S/C9H13NO3S/c1-7-3-8(5-10-4-7)9(11)6-14(2,12)13/h3-5,9,11H,6H2,1-2H3. The molecular formula is C9H13NO3S. The van der Waals surface area contributed by atoms with Crippen molar-refractivity contribution in [2.75, 3.05) is 12.0 Å². The summed E-state index contributed by atoms with van der Waals surface area (Å²) in [5, 5.41) is 9.56. The summed E-state index contributed by atoms with van der Waals surface area (Å²) in [7, 11) is -3.16. The van der Waals surface area contributed by atoms with Gasteiger partial charge >= 0.3 is 0 Å². The van der Waals surface area contributed by atoms with Crippen LogP contribution in [0.3, 0.4) is 0 Å². The number of aryl methyl sites for hydroxylation is 1.